The minimum atomic E-state index is -0.619. The molecule has 8 heteroatoms. The largest absolute Gasteiger partial charge is 0.360 e. The number of pyridine rings is 1. The van der Waals surface area contributed by atoms with Crippen LogP contribution in [-0.2, 0) is 4.79 Å². The maximum atomic E-state index is 11.4. The first-order valence-corrected chi connectivity index (χ1v) is 6.07. The summed E-state index contributed by atoms with van der Waals surface area (Å²) < 4.78 is 0. The van der Waals surface area contributed by atoms with E-state index in [2.05, 4.69) is 10.3 Å². The van der Waals surface area contributed by atoms with Gasteiger partial charge >= 0.3 is 5.69 Å². The first kappa shape index (κ1) is 13.7. The van der Waals surface area contributed by atoms with Crippen molar-refractivity contribution in [2.45, 2.75) is 18.9 Å². The molecular weight excluding hydrogens is 262 g/mol. The lowest BCUT2D eigenvalue weighted by Gasteiger charge is -2.30. The number of nitriles is 1. The second-order valence-corrected chi connectivity index (χ2v) is 4.58. The summed E-state index contributed by atoms with van der Waals surface area (Å²) in [4.78, 5) is 27.4. The fraction of sp³-hybridized carbons (Fsp3) is 0.417. The van der Waals surface area contributed by atoms with Gasteiger partial charge in [-0.1, -0.05) is 0 Å². The van der Waals surface area contributed by atoms with Gasteiger partial charge in [-0.05, 0) is 12.5 Å². The van der Waals surface area contributed by atoms with Crippen LogP contribution in [0.3, 0.4) is 0 Å². The van der Waals surface area contributed by atoms with Gasteiger partial charge in [0.15, 0.2) is 0 Å². The van der Waals surface area contributed by atoms with E-state index in [1.807, 2.05) is 0 Å². The number of carbonyl (C=O) groups is 1. The Hall–Kier alpha value is -2.69. The van der Waals surface area contributed by atoms with Crippen molar-refractivity contribution >= 4 is 17.4 Å². The molecule has 0 spiro atoms. The van der Waals surface area contributed by atoms with E-state index in [9.17, 15) is 14.9 Å². The summed E-state index contributed by atoms with van der Waals surface area (Å²) >= 11 is 0. The number of hydrogen-bond donors (Lipinski definition) is 1. The third kappa shape index (κ3) is 2.66. The monoisotopic (exact) mass is 275 g/mol. The fourth-order valence-corrected chi connectivity index (χ4v) is 2.16. The molecule has 1 atom stereocenters. The zero-order chi connectivity index (χ0) is 14.7. The number of anilines is 1. The van der Waals surface area contributed by atoms with Gasteiger partial charge in [0.05, 0.1) is 4.92 Å². The Labute approximate surface area is 115 Å². The molecule has 0 radical (unpaired) electrons. The van der Waals surface area contributed by atoms with Crippen molar-refractivity contribution in [2.75, 3.05) is 18.9 Å². The minimum Gasteiger partial charge on any atom is -0.360 e. The quantitative estimate of drug-likeness (QED) is 0.647. The zero-order valence-electron chi connectivity index (χ0n) is 10.9. The van der Waals surface area contributed by atoms with Crippen molar-refractivity contribution in [1.29, 1.82) is 5.26 Å². The lowest BCUT2D eigenvalue weighted by molar-refractivity contribution is -0.384. The molecule has 1 N–H and O–H groups in total. The Kier molecular flexibility index (Phi) is 3.79. The molecule has 1 aromatic heterocycles. The Bertz CT molecular complexity index is 595. The van der Waals surface area contributed by atoms with Crippen molar-refractivity contribution in [3.63, 3.8) is 0 Å². The van der Waals surface area contributed by atoms with E-state index in [-0.39, 0.29) is 29.0 Å². The highest BCUT2D eigenvalue weighted by molar-refractivity contribution is 5.77. The summed E-state index contributed by atoms with van der Waals surface area (Å²) in [6.07, 6.45) is 2.32. The minimum absolute atomic E-state index is 0.0345. The van der Waals surface area contributed by atoms with Crippen molar-refractivity contribution in [3.8, 4) is 6.07 Å². The maximum Gasteiger partial charge on any atom is 0.328 e. The molecule has 1 aromatic rings. The van der Waals surface area contributed by atoms with Gasteiger partial charge < -0.3 is 10.2 Å². The third-order valence-corrected chi connectivity index (χ3v) is 3.19. The van der Waals surface area contributed by atoms with Crippen LogP contribution in [0.5, 0.6) is 0 Å². The number of amides is 1. The Balaban J connectivity index is 2.24. The number of nitrogens with one attached hydrogen (secondary N) is 1. The number of nitrogens with zero attached hydrogens (tertiary/aromatic N) is 4. The molecular formula is C12H13N5O3. The molecule has 8 nitrogen and oxygen atoms in total. The van der Waals surface area contributed by atoms with Crippen molar-refractivity contribution in [3.05, 3.63) is 27.9 Å². The lowest BCUT2D eigenvalue weighted by Crippen LogP contribution is -2.43. The number of likely N-dealkylation sites (N-methyl/N-ethyl adjacent to an activating group) is 1. The number of likely N-dealkylation sites (tertiary alicyclic amines) is 1. The molecule has 20 heavy (non-hydrogen) atoms. The molecule has 0 saturated carbocycles. The lowest BCUT2D eigenvalue weighted by atomic mass is 10.1. The molecule has 1 amide bonds. The molecule has 0 aromatic carbocycles. The van der Waals surface area contributed by atoms with Crippen molar-refractivity contribution < 1.29 is 9.72 Å². The molecule has 1 aliphatic rings. The van der Waals surface area contributed by atoms with E-state index in [0.29, 0.717) is 19.4 Å². The van der Waals surface area contributed by atoms with Gasteiger partial charge in [0.25, 0.3) is 0 Å². The van der Waals surface area contributed by atoms with E-state index in [1.165, 1.54) is 12.3 Å². The number of piperidine rings is 1. The summed E-state index contributed by atoms with van der Waals surface area (Å²) in [5.41, 5.74) is -0.359. The van der Waals surface area contributed by atoms with E-state index >= 15 is 0 Å². The highest BCUT2D eigenvalue weighted by Gasteiger charge is 2.27. The molecule has 1 aliphatic heterocycles. The van der Waals surface area contributed by atoms with Crippen LogP contribution in [0.4, 0.5) is 11.5 Å². The molecule has 2 heterocycles. The summed E-state index contributed by atoms with van der Waals surface area (Å²) in [6.45, 7) is 0.453. The predicted molar refractivity (Wildman–Crippen MR) is 69.9 cm³/mol. The fourth-order valence-electron chi connectivity index (χ4n) is 2.16. The average molecular weight is 275 g/mol. The molecule has 104 valence electrons. The second kappa shape index (κ2) is 5.52. The van der Waals surface area contributed by atoms with E-state index in [4.69, 9.17) is 5.26 Å². The first-order valence-electron chi connectivity index (χ1n) is 6.07. The standard InChI is InChI=1S/C12H13N5O3/c1-16-7-9(2-3-10(16)18)15-12-11(17(19)20)8(6-13)4-5-14-12/h4-5,9H,2-3,7H2,1H3,(H,14,15). The molecule has 1 fully saturated rings. The van der Waals surface area contributed by atoms with Gasteiger partial charge in [-0.15, -0.1) is 0 Å². The average Bonchev–Trinajstić information content (AvgIpc) is 2.42. The van der Waals surface area contributed by atoms with Gasteiger partial charge in [-0.25, -0.2) is 4.98 Å². The van der Waals surface area contributed by atoms with Crippen LogP contribution in [0.2, 0.25) is 0 Å². The number of aromatic nitrogens is 1. The maximum absolute atomic E-state index is 11.4. The van der Waals surface area contributed by atoms with E-state index < -0.39 is 4.92 Å². The van der Waals surface area contributed by atoms with Crippen LogP contribution >= 0.6 is 0 Å². The topological polar surface area (TPSA) is 112 Å². The van der Waals surface area contributed by atoms with E-state index in [0.717, 1.165) is 0 Å². The van der Waals surface area contributed by atoms with Crippen molar-refractivity contribution in [2.24, 2.45) is 0 Å². The molecule has 0 aliphatic carbocycles. The molecule has 1 saturated heterocycles. The Morgan fingerprint density at radius 2 is 2.40 bits per heavy atom. The van der Waals surface area contributed by atoms with Gasteiger partial charge in [0.1, 0.15) is 11.6 Å². The van der Waals surface area contributed by atoms with Crippen LogP contribution in [-0.4, -0.2) is 40.3 Å². The van der Waals surface area contributed by atoms with Gasteiger partial charge in [0, 0.05) is 32.3 Å². The summed E-state index contributed by atoms with van der Waals surface area (Å²) in [6, 6.07) is 2.98. The summed E-state index contributed by atoms with van der Waals surface area (Å²) in [7, 11) is 1.68. The first-order chi connectivity index (χ1) is 9.52. The number of carbonyl (C=O) groups excluding carboxylic acids is 1. The zero-order valence-corrected chi connectivity index (χ0v) is 10.9. The number of nitro groups is 1. The van der Waals surface area contributed by atoms with Crippen LogP contribution < -0.4 is 5.32 Å². The number of hydrogen-bond acceptors (Lipinski definition) is 6. The van der Waals surface area contributed by atoms with Gasteiger partial charge in [-0.3, -0.25) is 14.9 Å². The predicted octanol–water partition coefficient (Wildman–Crippen LogP) is 0.894. The van der Waals surface area contributed by atoms with Crippen LogP contribution in [0.25, 0.3) is 0 Å². The van der Waals surface area contributed by atoms with Crippen molar-refractivity contribution in [1.82, 2.24) is 9.88 Å². The highest BCUT2D eigenvalue weighted by Crippen LogP contribution is 2.27. The smallest absolute Gasteiger partial charge is 0.328 e. The van der Waals surface area contributed by atoms with E-state index in [1.54, 1.807) is 18.0 Å². The van der Waals surface area contributed by atoms with Crippen LogP contribution in [0.15, 0.2) is 12.3 Å². The van der Waals surface area contributed by atoms with Gasteiger partial charge in [0.2, 0.25) is 11.7 Å². The highest BCUT2D eigenvalue weighted by atomic mass is 16.6. The molecule has 0 bridgehead atoms. The third-order valence-electron chi connectivity index (χ3n) is 3.19. The van der Waals surface area contributed by atoms with Crippen LogP contribution in [0.1, 0.15) is 18.4 Å². The SMILES string of the molecule is CN1CC(Nc2nccc(C#N)c2[N+](=O)[O-])CCC1=O. The number of rotatable bonds is 3. The van der Waals surface area contributed by atoms with Crippen LogP contribution in [0, 0.1) is 21.4 Å². The summed E-state index contributed by atoms with van der Waals surface area (Å²) in [5, 5.41) is 22.9. The Morgan fingerprint density at radius 1 is 1.65 bits per heavy atom. The van der Waals surface area contributed by atoms with Gasteiger partial charge in [-0.2, -0.15) is 5.26 Å². The Morgan fingerprint density at radius 3 is 3.00 bits per heavy atom. The molecule has 2 rings (SSSR count). The summed E-state index contributed by atoms with van der Waals surface area (Å²) in [5.74, 6) is 0.123. The second-order valence-electron chi connectivity index (χ2n) is 4.58. The normalized spacial score (nSPS) is 18.5. The molecule has 1 unspecified atom stereocenters.